The molecule has 3 N–H and O–H groups in total. The monoisotopic (exact) mass is 377 g/mol. The molecule has 2 amide bonds. The van der Waals surface area contributed by atoms with Crippen LogP contribution in [0.2, 0.25) is 0 Å². The van der Waals surface area contributed by atoms with Crippen molar-refractivity contribution in [1.29, 1.82) is 0 Å². The lowest BCUT2D eigenvalue weighted by molar-refractivity contribution is -0.119. The molecule has 0 saturated heterocycles. The highest BCUT2D eigenvalue weighted by molar-refractivity contribution is 7.80. The quantitative estimate of drug-likeness (QED) is 0.604. The number of benzene rings is 3. The summed E-state index contributed by atoms with van der Waals surface area (Å²) >= 11 is 5.21. The number of amides is 2. The Balaban J connectivity index is 1.59. The third-order valence-electron chi connectivity index (χ3n) is 3.95. The Morgan fingerprint density at radius 3 is 2.19 bits per heavy atom. The van der Waals surface area contributed by atoms with Crippen LogP contribution in [-0.4, -0.2) is 16.9 Å². The van der Waals surface area contributed by atoms with Crippen molar-refractivity contribution >= 4 is 51.3 Å². The second-order valence-corrected chi connectivity index (χ2v) is 6.48. The molecule has 0 fully saturated rings. The summed E-state index contributed by atoms with van der Waals surface area (Å²) < 4.78 is 0. The van der Waals surface area contributed by atoms with Gasteiger partial charge in [-0.2, -0.15) is 0 Å². The predicted octanol–water partition coefficient (Wildman–Crippen LogP) is 3.85. The molecule has 3 aromatic rings. The summed E-state index contributed by atoms with van der Waals surface area (Å²) in [5.74, 6) is -0.314. The maximum absolute atomic E-state index is 12.3. The Morgan fingerprint density at radius 1 is 0.852 bits per heavy atom. The fourth-order valence-electron chi connectivity index (χ4n) is 2.79. The van der Waals surface area contributed by atoms with Gasteiger partial charge in [-0.15, -0.1) is 0 Å². The molecule has 0 heterocycles. The van der Waals surface area contributed by atoms with Crippen molar-refractivity contribution in [1.82, 2.24) is 5.32 Å². The number of thiocarbonyl (C=S) groups is 1. The number of rotatable bonds is 4. The summed E-state index contributed by atoms with van der Waals surface area (Å²) in [5.41, 5.74) is 2.37. The van der Waals surface area contributed by atoms with Crippen molar-refractivity contribution in [3.63, 3.8) is 0 Å². The number of nitrogens with one attached hydrogen (secondary N) is 3. The average molecular weight is 377 g/mol. The first-order chi connectivity index (χ1) is 13.0. The van der Waals surface area contributed by atoms with Crippen LogP contribution in [0.5, 0.6) is 0 Å². The minimum Gasteiger partial charge on any atom is -0.332 e. The van der Waals surface area contributed by atoms with E-state index < -0.39 is 0 Å². The Labute approximate surface area is 162 Å². The first kappa shape index (κ1) is 18.5. The predicted molar refractivity (Wildman–Crippen MR) is 113 cm³/mol. The highest BCUT2D eigenvalue weighted by Crippen LogP contribution is 2.19. The standard InChI is InChI=1S/C21H19N3O2S/c1-14(25)22-17-9-11-18(12-10-17)23-21(27)24-20(26)13-16-7-4-6-15-5-2-3-8-19(15)16/h2-12H,13H2,1H3,(H,22,25)(H2,23,24,26,27). The van der Waals surface area contributed by atoms with Gasteiger partial charge in [0.1, 0.15) is 0 Å². The molecule has 0 saturated carbocycles. The van der Waals surface area contributed by atoms with E-state index in [1.807, 2.05) is 42.5 Å². The zero-order valence-electron chi connectivity index (χ0n) is 14.8. The third kappa shape index (κ3) is 5.12. The van der Waals surface area contributed by atoms with Gasteiger partial charge in [-0.1, -0.05) is 42.5 Å². The van der Waals surface area contributed by atoms with E-state index in [1.54, 1.807) is 24.3 Å². The van der Waals surface area contributed by atoms with Crippen molar-refractivity contribution in [3.8, 4) is 0 Å². The second kappa shape index (κ2) is 8.42. The van der Waals surface area contributed by atoms with E-state index in [0.717, 1.165) is 22.0 Å². The first-order valence-electron chi connectivity index (χ1n) is 8.46. The van der Waals surface area contributed by atoms with Gasteiger partial charge in [0, 0.05) is 18.3 Å². The number of carbonyl (C=O) groups excluding carboxylic acids is 2. The summed E-state index contributed by atoms with van der Waals surface area (Å²) in [6.07, 6.45) is 0.241. The highest BCUT2D eigenvalue weighted by Gasteiger charge is 2.09. The Kier molecular flexibility index (Phi) is 5.78. The smallest absolute Gasteiger partial charge is 0.230 e. The van der Waals surface area contributed by atoms with Crippen LogP contribution in [0.25, 0.3) is 10.8 Å². The van der Waals surface area contributed by atoms with Gasteiger partial charge in [0.05, 0.1) is 6.42 Å². The third-order valence-corrected chi connectivity index (χ3v) is 4.15. The molecule has 6 heteroatoms. The SMILES string of the molecule is CC(=O)Nc1ccc(NC(=S)NC(=O)Cc2cccc3ccccc23)cc1. The lowest BCUT2D eigenvalue weighted by Crippen LogP contribution is -2.35. The van der Waals surface area contributed by atoms with E-state index in [9.17, 15) is 9.59 Å². The van der Waals surface area contributed by atoms with Gasteiger partial charge < -0.3 is 16.0 Å². The fraction of sp³-hybridized carbons (Fsp3) is 0.0952. The van der Waals surface area contributed by atoms with Crippen molar-refractivity contribution < 1.29 is 9.59 Å². The summed E-state index contributed by atoms with van der Waals surface area (Å²) in [5, 5.41) is 10.7. The molecule has 0 aromatic heterocycles. The normalized spacial score (nSPS) is 10.3. The molecule has 3 rings (SSSR count). The van der Waals surface area contributed by atoms with E-state index in [1.165, 1.54) is 6.92 Å². The van der Waals surface area contributed by atoms with Crippen molar-refractivity contribution in [2.75, 3.05) is 10.6 Å². The summed E-state index contributed by atoms with van der Waals surface area (Å²) in [4.78, 5) is 23.4. The van der Waals surface area contributed by atoms with Gasteiger partial charge >= 0.3 is 0 Å². The van der Waals surface area contributed by atoms with Crippen LogP contribution < -0.4 is 16.0 Å². The highest BCUT2D eigenvalue weighted by atomic mass is 32.1. The Bertz CT molecular complexity index is 994. The maximum Gasteiger partial charge on any atom is 0.230 e. The molecule has 27 heavy (non-hydrogen) atoms. The van der Waals surface area contributed by atoms with Gasteiger partial charge in [0.2, 0.25) is 11.8 Å². The molecule has 0 aliphatic heterocycles. The number of carbonyl (C=O) groups is 2. The molecule has 136 valence electrons. The van der Waals surface area contributed by atoms with Crippen LogP contribution in [0, 0.1) is 0 Å². The van der Waals surface area contributed by atoms with Gasteiger partial charge in [-0.25, -0.2) is 0 Å². The zero-order valence-corrected chi connectivity index (χ0v) is 15.6. The fourth-order valence-corrected chi connectivity index (χ4v) is 3.02. The summed E-state index contributed by atoms with van der Waals surface area (Å²) in [7, 11) is 0. The largest absolute Gasteiger partial charge is 0.332 e. The number of anilines is 2. The molecule has 0 spiro atoms. The molecule has 0 bridgehead atoms. The van der Waals surface area contributed by atoms with Crippen LogP contribution in [-0.2, 0) is 16.0 Å². The molecule has 0 unspecified atom stereocenters. The number of hydrogen-bond donors (Lipinski definition) is 3. The topological polar surface area (TPSA) is 70.2 Å². The van der Waals surface area contributed by atoms with E-state index in [-0.39, 0.29) is 23.3 Å². The molecule has 3 aromatic carbocycles. The molecular formula is C21H19N3O2S. The molecule has 0 atom stereocenters. The van der Waals surface area contributed by atoms with Gasteiger partial charge in [-0.3, -0.25) is 9.59 Å². The molecular weight excluding hydrogens is 358 g/mol. The second-order valence-electron chi connectivity index (χ2n) is 6.08. The van der Waals surface area contributed by atoms with Crippen LogP contribution >= 0.6 is 12.2 Å². The molecule has 0 radical (unpaired) electrons. The van der Waals surface area contributed by atoms with Crippen molar-refractivity contribution in [3.05, 3.63) is 72.3 Å². The van der Waals surface area contributed by atoms with Crippen LogP contribution in [0.1, 0.15) is 12.5 Å². The van der Waals surface area contributed by atoms with Gasteiger partial charge in [-0.05, 0) is 52.8 Å². The maximum atomic E-state index is 12.3. The summed E-state index contributed by atoms with van der Waals surface area (Å²) in [6.45, 7) is 1.45. The average Bonchev–Trinajstić information content (AvgIpc) is 2.63. The molecule has 0 aliphatic carbocycles. The van der Waals surface area contributed by atoms with Crippen molar-refractivity contribution in [2.45, 2.75) is 13.3 Å². The Morgan fingerprint density at radius 2 is 1.48 bits per heavy atom. The van der Waals surface area contributed by atoms with E-state index in [4.69, 9.17) is 12.2 Å². The van der Waals surface area contributed by atoms with E-state index >= 15 is 0 Å². The minimum atomic E-state index is -0.182. The summed E-state index contributed by atoms with van der Waals surface area (Å²) in [6, 6.07) is 20.9. The van der Waals surface area contributed by atoms with E-state index in [2.05, 4.69) is 16.0 Å². The Hall–Kier alpha value is -3.25. The first-order valence-corrected chi connectivity index (χ1v) is 8.87. The van der Waals surface area contributed by atoms with E-state index in [0.29, 0.717) is 5.69 Å². The zero-order chi connectivity index (χ0) is 19.2. The van der Waals surface area contributed by atoms with Crippen LogP contribution in [0.15, 0.2) is 66.7 Å². The number of hydrogen-bond acceptors (Lipinski definition) is 3. The van der Waals surface area contributed by atoms with Gasteiger partial charge in [0.25, 0.3) is 0 Å². The van der Waals surface area contributed by atoms with Crippen molar-refractivity contribution in [2.24, 2.45) is 0 Å². The minimum absolute atomic E-state index is 0.132. The molecule has 5 nitrogen and oxygen atoms in total. The molecule has 0 aliphatic rings. The lowest BCUT2D eigenvalue weighted by Gasteiger charge is -2.11. The lowest BCUT2D eigenvalue weighted by atomic mass is 10.0. The van der Waals surface area contributed by atoms with Crippen LogP contribution in [0.4, 0.5) is 11.4 Å². The number of fused-ring (bicyclic) bond motifs is 1. The van der Waals surface area contributed by atoms with Gasteiger partial charge in [0.15, 0.2) is 5.11 Å². The van der Waals surface area contributed by atoms with Crippen LogP contribution in [0.3, 0.4) is 0 Å².